The van der Waals surface area contributed by atoms with Crippen molar-refractivity contribution in [3.63, 3.8) is 0 Å². The number of hydrazone groups is 1. The maximum atomic E-state index is 13.8. The van der Waals surface area contributed by atoms with Crippen molar-refractivity contribution < 1.29 is 22.9 Å². The summed E-state index contributed by atoms with van der Waals surface area (Å²) in [5, 5.41) is 16.8. The average Bonchev–Trinajstić information content (AvgIpc) is 3.47. The summed E-state index contributed by atoms with van der Waals surface area (Å²) in [4.78, 5) is 29.0. The lowest BCUT2D eigenvalue weighted by atomic mass is 10.0. The van der Waals surface area contributed by atoms with E-state index in [1.165, 1.54) is 70.4 Å². The fraction of sp³-hybridized carbons (Fsp3) is 0.129. The van der Waals surface area contributed by atoms with Gasteiger partial charge in [0.05, 0.1) is 39.0 Å². The molecule has 44 heavy (non-hydrogen) atoms. The minimum absolute atomic E-state index is 0.0683. The smallest absolute Gasteiger partial charge is 0.280 e. The topological polar surface area (TPSA) is 135 Å². The second-order valence-electron chi connectivity index (χ2n) is 9.87. The summed E-state index contributed by atoms with van der Waals surface area (Å²) in [6.07, 6.45) is 2.92. The average molecular weight is 628 g/mol. The highest BCUT2D eigenvalue weighted by atomic mass is 32.2. The van der Waals surface area contributed by atoms with E-state index in [2.05, 4.69) is 10.1 Å². The number of rotatable bonds is 8. The number of amides is 1. The van der Waals surface area contributed by atoms with Gasteiger partial charge < -0.3 is 4.74 Å². The number of thiazole rings is 1. The summed E-state index contributed by atoms with van der Waals surface area (Å²) in [5.74, 6) is 0.0922. The minimum Gasteiger partial charge on any atom is -0.497 e. The van der Waals surface area contributed by atoms with Crippen LogP contribution >= 0.6 is 11.3 Å². The maximum Gasteiger partial charge on any atom is 0.280 e. The van der Waals surface area contributed by atoms with Gasteiger partial charge in [-0.25, -0.2) is 13.4 Å². The van der Waals surface area contributed by atoms with E-state index >= 15 is 0 Å². The van der Waals surface area contributed by atoms with Crippen LogP contribution < -0.4 is 14.1 Å². The number of nitrogens with zero attached hydrogens (tertiary/aromatic N) is 5. The van der Waals surface area contributed by atoms with Crippen LogP contribution in [0.15, 0.2) is 101 Å². The van der Waals surface area contributed by atoms with Crippen LogP contribution in [0.1, 0.15) is 27.9 Å². The maximum absolute atomic E-state index is 13.8. The van der Waals surface area contributed by atoms with Gasteiger partial charge >= 0.3 is 0 Å². The van der Waals surface area contributed by atoms with Crippen LogP contribution in [0.2, 0.25) is 0 Å². The van der Waals surface area contributed by atoms with E-state index in [-0.39, 0.29) is 21.3 Å². The van der Waals surface area contributed by atoms with E-state index in [1.807, 2.05) is 18.2 Å². The van der Waals surface area contributed by atoms with Gasteiger partial charge in [0, 0.05) is 24.2 Å². The number of anilines is 2. The van der Waals surface area contributed by atoms with Crippen molar-refractivity contribution in [2.75, 3.05) is 23.0 Å². The van der Waals surface area contributed by atoms with E-state index in [0.717, 1.165) is 21.7 Å². The monoisotopic (exact) mass is 627 g/mol. The van der Waals surface area contributed by atoms with Gasteiger partial charge in [-0.2, -0.15) is 10.1 Å². The molecule has 0 N–H and O–H groups in total. The summed E-state index contributed by atoms with van der Waals surface area (Å²) >= 11 is 1.23. The first-order valence-electron chi connectivity index (χ1n) is 13.5. The molecule has 1 amide bonds. The Morgan fingerprint density at radius 2 is 1.82 bits per heavy atom. The number of benzene rings is 4. The van der Waals surface area contributed by atoms with Gasteiger partial charge in [0.15, 0.2) is 0 Å². The van der Waals surface area contributed by atoms with Crippen molar-refractivity contribution >= 4 is 60.2 Å². The summed E-state index contributed by atoms with van der Waals surface area (Å²) in [5.41, 5.74) is 2.93. The van der Waals surface area contributed by atoms with Crippen LogP contribution in [-0.4, -0.2) is 44.1 Å². The Kier molecular flexibility index (Phi) is 7.80. The largest absolute Gasteiger partial charge is 0.497 e. The molecule has 4 aromatic carbocycles. The second-order valence-corrected chi connectivity index (χ2v) is 12.7. The van der Waals surface area contributed by atoms with Crippen molar-refractivity contribution in [3.05, 3.63) is 118 Å². The molecule has 0 atom stereocenters. The van der Waals surface area contributed by atoms with Gasteiger partial charge in [-0.05, 0) is 84.6 Å². The van der Waals surface area contributed by atoms with Crippen LogP contribution in [-0.2, 0) is 16.4 Å². The molecule has 2 heterocycles. The fourth-order valence-electron chi connectivity index (χ4n) is 4.87. The molecule has 0 radical (unpaired) electrons. The van der Waals surface area contributed by atoms with Gasteiger partial charge in [-0.3, -0.25) is 19.2 Å². The third kappa shape index (κ3) is 5.62. The number of aryl methyl sites for hydroxylation is 1. The number of hydrogen-bond acceptors (Lipinski definition) is 9. The number of carbonyl (C=O) groups excluding carboxylic acids is 1. The Morgan fingerprint density at radius 1 is 1.07 bits per heavy atom. The predicted molar refractivity (Wildman–Crippen MR) is 169 cm³/mol. The van der Waals surface area contributed by atoms with E-state index in [9.17, 15) is 23.3 Å². The molecule has 0 unspecified atom stereocenters. The normalized spacial score (nSPS) is 13.2. The molecule has 1 aliphatic heterocycles. The number of fused-ring (bicyclic) bond motifs is 2. The molecule has 222 valence electrons. The van der Waals surface area contributed by atoms with Crippen molar-refractivity contribution in [2.45, 2.75) is 17.7 Å². The van der Waals surface area contributed by atoms with Gasteiger partial charge in [0.2, 0.25) is 5.13 Å². The SMILES string of the molecule is COc1ccc2nc(N(/N=C/c3ccc([N+](=O)[O-])cc3)C(=O)c3ccc(S(=O)(=O)N4CCCc5ccccc54)cc3)sc2c1. The molecular weight excluding hydrogens is 603 g/mol. The molecule has 0 spiro atoms. The molecular formula is C31H25N5O6S2. The number of nitro benzene ring substituents is 1. The third-order valence-corrected chi connectivity index (χ3v) is 9.96. The molecule has 0 bridgehead atoms. The predicted octanol–water partition coefficient (Wildman–Crippen LogP) is 6.04. The number of sulfonamides is 1. The number of non-ortho nitro benzene ring substituents is 1. The van der Waals surface area contributed by atoms with Crippen LogP contribution in [0.5, 0.6) is 5.75 Å². The molecule has 6 rings (SSSR count). The summed E-state index contributed by atoms with van der Waals surface area (Å²) < 4.78 is 34.7. The Bertz CT molecular complexity index is 2010. The molecule has 11 nitrogen and oxygen atoms in total. The standard InChI is InChI=1S/C31H25N5O6S2/c1-42-25-14-17-27-29(19-25)43-31(33-27)35(32-20-21-8-12-24(13-9-21)36(38)39)30(37)23-10-15-26(16-11-23)44(40,41)34-18-4-6-22-5-2-3-7-28(22)34/h2-3,5,7-17,19-20H,4,6,18H2,1H3/b32-20+. The summed E-state index contributed by atoms with van der Waals surface area (Å²) in [7, 11) is -2.30. The molecule has 1 aliphatic rings. The Hall–Kier alpha value is -5.14. The Morgan fingerprint density at radius 3 is 2.55 bits per heavy atom. The summed E-state index contributed by atoms with van der Waals surface area (Å²) in [6.45, 7) is 0.369. The first kappa shape index (κ1) is 29.0. The fourth-order valence-corrected chi connectivity index (χ4v) is 7.36. The third-order valence-electron chi connectivity index (χ3n) is 7.14. The Labute approximate surface area is 256 Å². The number of aromatic nitrogens is 1. The van der Waals surface area contributed by atoms with Crippen molar-refractivity contribution in [1.82, 2.24) is 4.98 Å². The number of ether oxygens (including phenoxy) is 1. The zero-order valence-electron chi connectivity index (χ0n) is 23.4. The van der Waals surface area contributed by atoms with E-state index in [1.54, 1.807) is 31.4 Å². The molecule has 0 saturated heterocycles. The van der Waals surface area contributed by atoms with Crippen LogP contribution in [0.4, 0.5) is 16.5 Å². The number of carbonyl (C=O) groups is 1. The zero-order chi connectivity index (χ0) is 30.8. The molecule has 0 saturated carbocycles. The van der Waals surface area contributed by atoms with Crippen molar-refractivity contribution in [1.29, 1.82) is 0 Å². The van der Waals surface area contributed by atoms with Gasteiger partial charge in [-0.15, -0.1) is 0 Å². The van der Waals surface area contributed by atoms with Gasteiger partial charge in [0.25, 0.3) is 21.6 Å². The van der Waals surface area contributed by atoms with Crippen LogP contribution in [0, 0.1) is 10.1 Å². The number of hydrogen-bond donors (Lipinski definition) is 0. The molecule has 0 fully saturated rings. The zero-order valence-corrected chi connectivity index (χ0v) is 25.0. The highest BCUT2D eigenvalue weighted by molar-refractivity contribution is 7.92. The molecule has 0 aliphatic carbocycles. The van der Waals surface area contributed by atoms with Crippen LogP contribution in [0.3, 0.4) is 0 Å². The lowest BCUT2D eigenvalue weighted by Crippen LogP contribution is -2.35. The number of nitro groups is 1. The lowest BCUT2D eigenvalue weighted by Gasteiger charge is -2.30. The second kappa shape index (κ2) is 11.9. The molecule has 13 heteroatoms. The molecule has 1 aromatic heterocycles. The van der Waals surface area contributed by atoms with E-state index in [0.29, 0.717) is 35.5 Å². The van der Waals surface area contributed by atoms with E-state index < -0.39 is 20.9 Å². The minimum atomic E-state index is -3.86. The first-order valence-corrected chi connectivity index (χ1v) is 15.8. The number of methoxy groups -OCH3 is 1. The van der Waals surface area contributed by atoms with E-state index in [4.69, 9.17) is 4.74 Å². The highest BCUT2D eigenvalue weighted by Gasteiger charge is 2.29. The quantitative estimate of drug-likeness (QED) is 0.116. The highest BCUT2D eigenvalue weighted by Crippen LogP contribution is 2.34. The van der Waals surface area contributed by atoms with Crippen molar-refractivity contribution in [2.24, 2.45) is 5.10 Å². The lowest BCUT2D eigenvalue weighted by molar-refractivity contribution is -0.384. The van der Waals surface area contributed by atoms with Crippen LogP contribution in [0.25, 0.3) is 10.2 Å². The van der Waals surface area contributed by atoms with Gasteiger partial charge in [0.1, 0.15) is 5.75 Å². The number of para-hydroxylation sites is 1. The molecule has 5 aromatic rings. The summed E-state index contributed by atoms with van der Waals surface area (Å²) in [6, 6.07) is 24.3. The Balaban J connectivity index is 1.33. The van der Waals surface area contributed by atoms with Crippen molar-refractivity contribution in [3.8, 4) is 5.75 Å². The van der Waals surface area contributed by atoms with Gasteiger partial charge in [-0.1, -0.05) is 29.5 Å². The first-order chi connectivity index (χ1) is 21.2.